The van der Waals surface area contributed by atoms with E-state index in [1.54, 1.807) is 26.1 Å². The molecule has 0 aliphatic rings. The van der Waals surface area contributed by atoms with Crippen molar-refractivity contribution in [1.29, 1.82) is 0 Å². The summed E-state index contributed by atoms with van der Waals surface area (Å²) in [7, 11) is 1.81. The van der Waals surface area contributed by atoms with Gasteiger partial charge in [0.1, 0.15) is 17.3 Å². The lowest BCUT2D eigenvalue weighted by Gasteiger charge is -2.15. The van der Waals surface area contributed by atoms with Crippen LogP contribution in [0.15, 0.2) is 28.7 Å². The standard InChI is InChI=1S/C15H18FNO/c1-9-6-5-7-12(14(9)16)15(17-4)13-8-10(2)11(3)18-13/h5-8,15,17H,1-4H3. The van der Waals surface area contributed by atoms with Gasteiger partial charge in [-0.15, -0.1) is 0 Å². The maximum Gasteiger partial charge on any atom is 0.131 e. The molecule has 0 radical (unpaired) electrons. The Morgan fingerprint density at radius 1 is 1.17 bits per heavy atom. The van der Waals surface area contributed by atoms with E-state index in [-0.39, 0.29) is 11.9 Å². The zero-order valence-corrected chi connectivity index (χ0v) is 11.2. The molecule has 1 unspecified atom stereocenters. The van der Waals surface area contributed by atoms with E-state index in [0.717, 1.165) is 17.1 Å². The first-order valence-corrected chi connectivity index (χ1v) is 6.03. The lowest BCUT2D eigenvalue weighted by atomic mass is 10.0. The van der Waals surface area contributed by atoms with Crippen LogP contribution in [0.4, 0.5) is 4.39 Å². The third-order valence-electron chi connectivity index (χ3n) is 3.29. The first-order chi connectivity index (χ1) is 8.54. The highest BCUT2D eigenvalue weighted by Gasteiger charge is 2.20. The molecule has 1 aromatic heterocycles. The quantitative estimate of drug-likeness (QED) is 0.895. The van der Waals surface area contributed by atoms with Crippen LogP contribution < -0.4 is 5.32 Å². The van der Waals surface area contributed by atoms with Crippen LogP contribution in [0, 0.1) is 26.6 Å². The van der Waals surface area contributed by atoms with Crippen LogP contribution in [0.5, 0.6) is 0 Å². The van der Waals surface area contributed by atoms with Gasteiger partial charge in [0.2, 0.25) is 0 Å². The molecule has 0 spiro atoms. The predicted octanol–water partition coefficient (Wildman–Crippen LogP) is 3.65. The Bertz CT molecular complexity index is 540. The van der Waals surface area contributed by atoms with Gasteiger partial charge in [-0.1, -0.05) is 18.2 Å². The van der Waals surface area contributed by atoms with Gasteiger partial charge in [0, 0.05) is 5.56 Å². The summed E-state index contributed by atoms with van der Waals surface area (Å²) in [6.45, 7) is 5.67. The highest BCUT2D eigenvalue weighted by molar-refractivity contribution is 5.34. The fourth-order valence-corrected chi connectivity index (χ4v) is 2.09. The number of rotatable bonds is 3. The van der Waals surface area contributed by atoms with Gasteiger partial charge >= 0.3 is 0 Å². The Morgan fingerprint density at radius 2 is 1.89 bits per heavy atom. The van der Waals surface area contributed by atoms with Crippen LogP contribution in [0.3, 0.4) is 0 Å². The molecular formula is C15H18FNO. The molecule has 1 heterocycles. The molecule has 0 saturated carbocycles. The van der Waals surface area contributed by atoms with Gasteiger partial charge < -0.3 is 9.73 Å². The van der Waals surface area contributed by atoms with Crippen molar-refractivity contribution in [3.8, 4) is 0 Å². The van der Waals surface area contributed by atoms with E-state index in [2.05, 4.69) is 5.32 Å². The van der Waals surface area contributed by atoms with Crippen LogP contribution in [-0.4, -0.2) is 7.05 Å². The van der Waals surface area contributed by atoms with E-state index in [1.807, 2.05) is 26.0 Å². The first-order valence-electron chi connectivity index (χ1n) is 6.03. The van der Waals surface area contributed by atoms with E-state index in [0.29, 0.717) is 11.1 Å². The second kappa shape index (κ2) is 4.94. The molecule has 96 valence electrons. The minimum atomic E-state index is -0.253. The largest absolute Gasteiger partial charge is 0.464 e. The van der Waals surface area contributed by atoms with E-state index in [4.69, 9.17) is 4.42 Å². The molecule has 2 aromatic rings. The van der Waals surface area contributed by atoms with Crippen LogP contribution in [-0.2, 0) is 0 Å². The van der Waals surface area contributed by atoms with Crippen LogP contribution in [0.2, 0.25) is 0 Å². The van der Waals surface area contributed by atoms with E-state index in [1.165, 1.54) is 0 Å². The molecule has 18 heavy (non-hydrogen) atoms. The molecule has 0 amide bonds. The summed E-state index contributed by atoms with van der Waals surface area (Å²) in [5.41, 5.74) is 2.34. The number of hydrogen-bond acceptors (Lipinski definition) is 2. The van der Waals surface area contributed by atoms with Crippen molar-refractivity contribution in [1.82, 2.24) is 5.32 Å². The Morgan fingerprint density at radius 3 is 2.44 bits per heavy atom. The normalized spacial score (nSPS) is 12.7. The number of aryl methyl sites for hydroxylation is 3. The van der Waals surface area contributed by atoms with Crippen molar-refractivity contribution in [2.24, 2.45) is 0 Å². The van der Waals surface area contributed by atoms with Crippen molar-refractivity contribution in [3.05, 3.63) is 58.3 Å². The number of nitrogens with one attached hydrogen (secondary N) is 1. The second-order valence-corrected chi connectivity index (χ2v) is 4.59. The third kappa shape index (κ3) is 2.18. The highest BCUT2D eigenvalue weighted by Crippen LogP contribution is 2.28. The maximum absolute atomic E-state index is 14.2. The summed E-state index contributed by atoms with van der Waals surface area (Å²) in [4.78, 5) is 0. The maximum atomic E-state index is 14.2. The average molecular weight is 247 g/mol. The Labute approximate surface area is 107 Å². The van der Waals surface area contributed by atoms with Crippen LogP contribution in [0.1, 0.15) is 34.3 Å². The number of hydrogen-bond donors (Lipinski definition) is 1. The fraction of sp³-hybridized carbons (Fsp3) is 0.333. The van der Waals surface area contributed by atoms with Gasteiger partial charge in [0.25, 0.3) is 0 Å². The zero-order chi connectivity index (χ0) is 13.3. The molecule has 2 nitrogen and oxygen atoms in total. The second-order valence-electron chi connectivity index (χ2n) is 4.59. The van der Waals surface area contributed by atoms with Crippen molar-refractivity contribution in [2.45, 2.75) is 26.8 Å². The van der Waals surface area contributed by atoms with Crippen molar-refractivity contribution in [3.63, 3.8) is 0 Å². The molecule has 1 aromatic carbocycles. The highest BCUT2D eigenvalue weighted by atomic mass is 19.1. The molecule has 0 aliphatic heterocycles. The van der Waals surface area contributed by atoms with E-state index < -0.39 is 0 Å². The first kappa shape index (κ1) is 12.8. The summed E-state index contributed by atoms with van der Waals surface area (Å²) in [5.74, 6) is 1.44. The van der Waals surface area contributed by atoms with Gasteiger partial charge in [-0.3, -0.25) is 0 Å². The Balaban J connectivity index is 2.48. The van der Waals surface area contributed by atoms with Crippen LogP contribution >= 0.6 is 0 Å². The van der Waals surface area contributed by atoms with Gasteiger partial charge in [0.05, 0.1) is 6.04 Å². The smallest absolute Gasteiger partial charge is 0.131 e. The monoisotopic (exact) mass is 247 g/mol. The molecule has 3 heteroatoms. The summed E-state index contributed by atoms with van der Waals surface area (Å²) < 4.78 is 19.8. The lowest BCUT2D eigenvalue weighted by Crippen LogP contribution is -2.18. The molecular weight excluding hydrogens is 229 g/mol. The molecule has 1 atom stereocenters. The Hall–Kier alpha value is -1.61. The number of furan rings is 1. The molecule has 2 rings (SSSR count). The molecule has 0 saturated heterocycles. The minimum absolute atomic E-state index is 0.177. The molecule has 0 aliphatic carbocycles. The Kier molecular flexibility index (Phi) is 3.53. The van der Waals surface area contributed by atoms with Gasteiger partial charge in [-0.2, -0.15) is 0 Å². The third-order valence-corrected chi connectivity index (χ3v) is 3.29. The summed E-state index contributed by atoms with van der Waals surface area (Å²) >= 11 is 0. The summed E-state index contributed by atoms with van der Waals surface area (Å²) in [5, 5.41) is 3.11. The number of benzene rings is 1. The zero-order valence-electron chi connectivity index (χ0n) is 11.2. The summed E-state index contributed by atoms with van der Waals surface area (Å²) in [6, 6.07) is 7.12. The number of halogens is 1. The van der Waals surface area contributed by atoms with Crippen molar-refractivity contribution < 1.29 is 8.81 Å². The lowest BCUT2D eigenvalue weighted by molar-refractivity contribution is 0.434. The van der Waals surface area contributed by atoms with E-state index in [9.17, 15) is 4.39 Å². The van der Waals surface area contributed by atoms with Crippen molar-refractivity contribution in [2.75, 3.05) is 7.05 Å². The molecule has 1 N–H and O–H groups in total. The van der Waals surface area contributed by atoms with Gasteiger partial charge in [0.15, 0.2) is 0 Å². The minimum Gasteiger partial charge on any atom is -0.464 e. The average Bonchev–Trinajstić information content (AvgIpc) is 2.66. The van der Waals surface area contributed by atoms with Crippen LogP contribution in [0.25, 0.3) is 0 Å². The van der Waals surface area contributed by atoms with Gasteiger partial charge in [-0.25, -0.2) is 4.39 Å². The fourth-order valence-electron chi connectivity index (χ4n) is 2.09. The predicted molar refractivity (Wildman–Crippen MR) is 70.2 cm³/mol. The topological polar surface area (TPSA) is 25.2 Å². The van der Waals surface area contributed by atoms with E-state index >= 15 is 0 Å². The summed E-state index contributed by atoms with van der Waals surface area (Å²) in [6.07, 6.45) is 0. The molecule has 0 fully saturated rings. The van der Waals surface area contributed by atoms with Gasteiger partial charge in [-0.05, 0) is 45.0 Å². The SMILES string of the molecule is CNC(c1cc(C)c(C)o1)c1cccc(C)c1F. The molecule has 0 bridgehead atoms. The van der Waals surface area contributed by atoms with Crippen molar-refractivity contribution >= 4 is 0 Å².